The van der Waals surface area contributed by atoms with Crippen LogP contribution >= 0.6 is 0 Å². The summed E-state index contributed by atoms with van der Waals surface area (Å²) in [7, 11) is 0. The molecule has 0 bridgehead atoms. The molecule has 0 spiro atoms. The van der Waals surface area contributed by atoms with Crippen molar-refractivity contribution < 1.29 is 19.4 Å². The van der Waals surface area contributed by atoms with Crippen LogP contribution < -0.4 is 0 Å². The van der Waals surface area contributed by atoms with Crippen molar-refractivity contribution in [1.82, 2.24) is 14.7 Å². The lowest BCUT2D eigenvalue weighted by atomic mass is 10.1. The molecule has 2 heterocycles. The Bertz CT molecular complexity index is 739. The van der Waals surface area contributed by atoms with Crippen molar-refractivity contribution in [3.8, 4) is 5.69 Å². The third-order valence-electron chi connectivity index (χ3n) is 3.99. The number of rotatable bonds is 4. The molecule has 7 nitrogen and oxygen atoms in total. The largest absolute Gasteiger partial charge is 0.481 e. The van der Waals surface area contributed by atoms with E-state index in [2.05, 4.69) is 5.10 Å². The Kier molecular flexibility index (Phi) is 4.61. The molecule has 24 heavy (non-hydrogen) atoms. The molecular weight excluding hydrogens is 310 g/mol. The minimum absolute atomic E-state index is 0.115. The van der Waals surface area contributed by atoms with Gasteiger partial charge >= 0.3 is 5.97 Å². The second kappa shape index (κ2) is 6.84. The van der Waals surface area contributed by atoms with Gasteiger partial charge in [0.25, 0.3) is 5.91 Å². The third kappa shape index (κ3) is 3.46. The number of carboxylic acid groups (broad SMARTS) is 1. The second-order valence-corrected chi connectivity index (χ2v) is 5.83. The predicted octanol–water partition coefficient (Wildman–Crippen LogP) is 1.50. The average molecular weight is 329 g/mol. The predicted molar refractivity (Wildman–Crippen MR) is 86.2 cm³/mol. The van der Waals surface area contributed by atoms with Crippen molar-refractivity contribution in [2.24, 2.45) is 0 Å². The van der Waals surface area contributed by atoms with E-state index in [0.29, 0.717) is 18.7 Å². The summed E-state index contributed by atoms with van der Waals surface area (Å²) in [4.78, 5) is 25.3. The topological polar surface area (TPSA) is 84.7 Å². The average Bonchev–Trinajstić information content (AvgIpc) is 3.01. The summed E-state index contributed by atoms with van der Waals surface area (Å²) in [6.07, 6.45) is 3.56. The molecule has 0 radical (unpaired) electrons. The van der Waals surface area contributed by atoms with Gasteiger partial charge in [0.05, 0.1) is 37.6 Å². The zero-order valence-electron chi connectivity index (χ0n) is 13.4. The summed E-state index contributed by atoms with van der Waals surface area (Å²) in [5, 5.41) is 13.2. The van der Waals surface area contributed by atoms with Crippen molar-refractivity contribution in [3.63, 3.8) is 0 Å². The molecule has 126 valence electrons. The van der Waals surface area contributed by atoms with E-state index < -0.39 is 12.0 Å². The van der Waals surface area contributed by atoms with Crippen molar-refractivity contribution in [2.75, 3.05) is 19.8 Å². The molecule has 3 rings (SSSR count). The molecule has 1 N–H and O–H groups in total. The van der Waals surface area contributed by atoms with Gasteiger partial charge in [0.15, 0.2) is 0 Å². The van der Waals surface area contributed by atoms with Crippen LogP contribution in [0.25, 0.3) is 5.69 Å². The zero-order valence-corrected chi connectivity index (χ0v) is 13.4. The molecule has 0 aliphatic carbocycles. The maximum atomic E-state index is 12.7. The highest BCUT2D eigenvalue weighted by molar-refractivity contribution is 5.95. The molecule has 1 aromatic heterocycles. The molecule has 1 amide bonds. The van der Waals surface area contributed by atoms with Crippen molar-refractivity contribution >= 4 is 11.9 Å². The van der Waals surface area contributed by atoms with E-state index in [-0.39, 0.29) is 18.9 Å². The third-order valence-corrected chi connectivity index (χ3v) is 3.99. The lowest BCUT2D eigenvalue weighted by Crippen LogP contribution is -2.49. The van der Waals surface area contributed by atoms with Crippen molar-refractivity contribution in [2.45, 2.75) is 19.4 Å². The Morgan fingerprint density at radius 1 is 1.33 bits per heavy atom. The first-order valence-electron chi connectivity index (χ1n) is 7.77. The fraction of sp³-hybridized carbons (Fsp3) is 0.353. The Morgan fingerprint density at radius 2 is 2.08 bits per heavy atom. The van der Waals surface area contributed by atoms with Crippen LogP contribution in [0.4, 0.5) is 0 Å². The summed E-state index contributed by atoms with van der Waals surface area (Å²) < 4.78 is 7.05. The van der Waals surface area contributed by atoms with Gasteiger partial charge in [-0.15, -0.1) is 0 Å². The normalized spacial score (nSPS) is 17.7. The van der Waals surface area contributed by atoms with E-state index in [9.17, 15) is 9.59 Å². The molecule has 1 saturated heterocycles. The van der Waals surface area contributed by atoms with Gasteiger partial charge in [-0.2, -0.15) is 5.10 Å². The number of carbonyl (C=O) groups excluding carboxylic acids is 1. The van der Waals surface area contributed by atoms with Gasteiger partial charge in [0.2, 0.25) is 0 Å². The standard InChI is InChI=1S/C17H19N3O4/c1-12-9-18-20(10-12)14-4-2-13(3-5-14)17(23)19-6-7-24-11-15(19)8-16(21)22/h2-5,9-10,15H,6-8,11H2,1H3,(H,21,22)/t15-/m0/s1. The van der Waals surface area contributed by atoms with E-state index in [1.807, 2.05) is 25.3 Å². The van der Waals surface area contributed by atoms with E-state index in [0.717, 1.165) is 11.3 Å². The zero-order chi connectivity index (χ0) is 17.1. The Balaban J connectivity index is 1.77. The van der Waals surface area contributed by atoms with Crippen LogP contribution in [0.2, 0.25) is 0 Å². The van der Waals surface area contributed by atoms with Crippen LogP contribution in [0.15, 0.2) is 36.7 Å². The molecular formula is C17H19N3O4. The van der Waals surface area contributed by atoms with E-state index in [4.69, 9.17) is 9.84 Å². The van der Waals surface area contributed by atoms with Gasteiger partial charge in [-0.1, -0.05) is 0 Å². The summed E-state index contributed by atoms with van der Waals surface area (Å²) in [6, 6.07) is 6.69. The minimum Gasteiger partial charge on any atom is -0.481 e. The summed E-state index contributed by atoms with van der Waals surface area (Å²) in [5.41, 5.74) is 2.45. The maximum absolute atomic E-state index is 12.7. The van der Waals surface area contributed by atoms with Crippen LogP contribution in [-0.2, 0) is 9.53 Å². The van der Waals surface area contributed by atoms with Crippen LogP contribution in [0.1, 0.15) is 22.3 Å². The molecule has 1 fully saturated rings. The smallest absolute Gasteiger partial charge is 0.305 e. The first-order valence-corrected chi connectivity index (χ1v) is 7.77. The number of carboxylic acids is 1. The van der Waals surface area contributed by atoms with Crippen LogP contribution in [0.3, 0.4) is 0 Å². The maximum Gasteiger partial charge on any atom is 0.305 e. The Labute approximate surface area is 139 Å². The van der Waals surface area contributed by atoms with Crippen molar-refractivity contribution in [3.05, 3.63) is 47.8 Å². The number of carbonyl (C=O) groups is 2. The fourth-order valence-electron chi connectivity index (χ4n) is 2.77. The van der Waals surface area contributed by atoms with Crippen molar-refractivity contribution in [1.29, 1.82) is 0 Å². The molecule has 1 aliphatic heterocycles. The highest BCUT2D eigenvalue weighted by Crippen LogP contribution is 2.17. The quantitative estimate of drug-likeness (QED) is 0.919. The number of aliphatic carboxylic acids is 1. The SMILES string of the molecule is Cc1cnn(-c2ccc(C(=O)N3CCOC[C@@H]3CC(=O)O)cc2)c1. The Morgan fingerprint density at radius 3 is 2.71 bits per heavy atom. The number of ether oxygens (including phenoxy) is 1. The number of hydrogen-bond acceptors (Lipinski definition) is 4. The number of nitrogens with zero attached hydrogens (tertiary/aromatic N) is 3. The lowest BCUT2D eigenvalue weighted by molar-refractivity contribution is -0.139. The first-order chi connectivity index (χ1) is 11.5. The number of aromatic nitrogens is 2. The monoisotopic (exact) mass is 329 g/mol. The number of benzene rings is 1. The van der Waals surface area contributed by atoms with E-state index in [1.54, 1.807) is 27.9 Å². The first kappa shape index (κ1) is 16.2. The number of morpholine rings is 1. The number of amides is 1. The van der Waals surface area contributed by atoms with Gasteiger partial charge in [-0.3, -0.25) is 9.59 Å². The number of aryl methyl sites for hydroxylation is 1. The van der Waals surface area contributed by atoms with Gasteiger partial charge in [0, 0.05) is 18.3 Å². The molecule has 0 unspecified atom stereocenters. The van der Waals surface area contributed by atoms with Crippen LogP contribution in [0, 0.1) is 6.92 Å². The van der Waals surface area contributed by atoms with E-state index in [1.165, 1.54) is 0 Å². The summed E-state index contributed by atoms with van der Waals surface area (Å²) >= 11 is 0. The lowest BCUT2D eigenvalue weighted by Gasteiger charge is -2.34. The van der Waals surface area contributed by atoms with E-state index >= 15 is 0 Å². The molecule has 0 saturated carbocycles. The highest BCUT2D eigenvalue weighted by atomic mass is 16.5. The van der Waals surface area contributed by atoms with Crippen LogP contribution in [-0.4, -0.2) is 57.5 Å². The summed E-state index contributed by atoms with van der Waals surface area (Å²) in [5.74, 6) is -1.11. The van der Waals surface area contributed by atoms with Gasteiger partial charge in [-0.05, 0) is 36.8 Å². The second-order valence-electron chi connectivity index (χ2n) is 5.83. The van der Waals surface area contributed by atoms with Gasteiger partial charge in [0.1, 0.15) is 0 Å². The fourth-order valence-corrected chi connectivity index (χ4v) is 2.77. The summed E-state index contributed by atoms with van der Waals surface area (Å²) in [6.45, 7) is 3.04. The number of hydrogen-bond donors (Lipinski definition) is 1. The van der Waals surface area contributed by atoms with Gasteiger partial charge < -0.3 is 14.7 Å². The Hall–Kier alpha value is -2.67. The van der Waals surface area contributed by atoms with Gasteiger partial charge in [-0.25, -0.2) is 4.68 Å². The van der Waals surface area contributed by atoms with Crippen LogP contribution in [0.5, 0.6) is 0 Å². The molecule has 1 aromatic carbocycles. The minimum atomic E-state index is -0.937. The molecule has 7 heteroatoms. The molecule has 1 atom stereocenters. The molecule has 2 aromatic rings. The molecule has 1 aliphatic rings. The highest BCUT2D eigenvalue weighted by Gasteiger charge is 2.29.